The quantitative estimate of drug-likeness (QED) is 0.895. The van der Waals surface area contributed by atoms with Crippen LogP contribution < -0.4 is 5.32 Å². The molecule has 16 heavy (non-hydrogen) atoms. The zero-order valence-electron chi connectivity index (χ0n) is 10.0. The van der Waals surface area contributed by atoms with Crippen molar-refractivity contribution in [3.63, 3.8) is 0 Å². The van der Waals surface area contributed by atoms with Crippen molar-refractivity contribution in [3.8, 4) is 0 Å². The van der Waals surface area contributed by atoms with Crippen molar-refractivity contribution >= 4 is 28.3 Å². The molecule has 1 fully saturated rings. The molecule has 2 nitrogen and oxygen atoms in total. The zero-order chi connectivity index (χ0) is 11.6. The van der Waals surface area contributed by atoms with Crippen molar-refractivity contribution in [1.29, 1.82) is 0 Å². The Balaban J connectivity index is 2.00. The van der Waals surface area contributed by atoms with Gasteiger partial charge >= 0.3 is 0 Å². The minimum Gasteiger partial charge on any atom is -0.359 e. The molecule has 1 aliphatic heterocycles. The highest BCUT2D eigenvalue weighted by Crippen LogP contribution is 2.24. The third kappa shape index (κ3) is 2.80. The van der Waals surface area contributed by atoms with Crippen molar-refractivity contribution in [2.24, 2.45) is 4.99 Å². The Morgan fingerprint density at radius 3 is 2.94 bits per heavy atom. The van der Waals surface area contributed by atoms with Gasteiger partial charge in [0.25, 0.3) is 0 Å². The lowest BCUT2D eigenvalue weighted by Crippen LogP contribution is -2.36. The lowest BCUT2D eigenvalue weighted by Gasteiger charge is -2.15. The molecule has 4 heteroatoms. The van der Waals surface area contributed by atoms with Crippen LogP contribution in [0.4, 0.5) is 0 Å². The summed E-state index contributed by atoms with van der Waals surface area (Å²) in [5.41, 5.74) is 1.64. The average Bonchev–Trinajstić information content (AvgIpc) is 2.81. The van der Waals surface area contributed by atoms with Gasteiger partial charge in [-0.25, -0.2) is 0 Å². The van der Waals surface area contributed by atoms with Crippen molar-refractivity contribution in [3.05, 3.63) is 21.9 Å². The van der Waals surface area contributed by atoms with Crippen LogP contribution in [0.2, 0.25) is 0 Å². The van der Waals surface area contributed by atoms with Crippen LogP contribution in [0.15, 0.2) is 16.4 Å². The number of aliphatic imine (C=N–C) groups is 1. The van der Waals surface area contributed by atoms with Gasteiger partial charge in [0.15, 0.2) is 5.17 Å². The highest BCUT2D eigenvalue weighted by Gasteiger charge is 2.27. The van der Waals surface area contributed by atoms with Crippen LogP contribution >= 0.6 is 23.1 Å². The molecule has 0 aromatic carbocycles. The van der Waals surface area contributed by atoms with E-state index in [4.69, 9.17) is 0 Å². The van der Waals surface area contributed by atoms with Gasteiger partial charge in [-0.3, -0.25) is 4.99 Å². The molecule has 0 spiro atoms. The Bertz CT molecular complexity index is 393. The summed E-state index contributed by atoms with van der Waals surface area (Å²) in [4.78, 5) is 6.05. The number of hydrogen-bond donors (Lipinski definition) is 1. The van der Waals surface area contributed by atoms with Gasteiger partial charge in [0.2, 0.25) is 0 Å². The molecule has 1 N–H and O–H groups in total. The van der Waals surface area contributed by atoms with E-state index in [1.165, 1.54) is 10.4 Å². The fraction of sp³-hybridized carbons (Fsp3) is 0.583. The Labute approximate surface area is 106 Å². The predicted octanol–water partition coefficient (Wildman–Crippen LogP) is 3.28. The van der Waals surface area contributed by atoms with E-state index in [2.05, 4.69) is 42.5 Å². The number of rotatable bonds is 3. The molecular formula is C12H18N2S2. The van der Waals surface area contributed by atoms with Crippen molar-refractivity contribution in [2.45, 2.75) is 39.3 Å². The molecule has 0 aliphatic carbocycles. The Morgan fingerprint density at radius 2 is 2.31 bits per heavy atom. The minimum absolute atomic E-state index is 0.201. The first-order valence-corrected chi connectivity index (χ1v) is 7.48. The lowest BCUT2D eigenvalue weighted by molar-refractivity contribution is 0.536. The van der Waals surface area contributed by atoms with Gasteiger partial charge in [0.05, 0.1) is 6.54 Å². The lowest BCUT2D eigenvalue weighted by atomic mass is 10.1. The van der Waals surface area contributed by atoms with E-state index >= 15 is 0 Å². The SMILES string of the molecule is CCc1ccsc1CN=C1NC(C)(C)CS1. The second-order valence-electron chi connectivity index (χ2n) is 4.64. The molecule has 2 heterocycles. The molecule has 1 aromatic heterocycles. The highest BCUT2D eigenvalue weighted by atomic mass is 32.2. The van der Waals surface area contributed by atoms with Crippen LogP contribution in [-0.2, 0) is 13.0 Å². The van der Waals surface area contributed by atoms with Gasteiger partial charge in [-0.05, 0) is 37.3 Å². The van der Waals surface area contributed by atoms with Gasteiger partial charge in [-0.2, -0.15) is 0 Å². The monoisotopic (exact) mass is 254 g/mol. The van der Waals surface area contributed by atoms with E-state index in [1.54, 1.807) is 0 Å². The summed E-state index contributed by atoms with van der Waals surface area (Å²) in [6.45, 7) is 7.45. The Hall–Kier alpha value is -0.480. The molecule has 88 valence electrons. The summed E-state index contributed by atoms with van der Waals surface area (Å²) < 4.78 is 0. The van der Waals surface area contributed by atoms with E-state index in [1.807, 2.05) is 23.1 Å². The summed E-state index contributed by atoms with van der Waals surface area (Å²) in [5, 5.41) is 6.71. The van der Waals surface area contributed by atoms with Crippen molar-refractivity contribution in [2.75, 3.05) is 5.75 Å². The summed E-state index contributed by atoms with van der Waals surface area (Å²) in [6, 6.07) is 2.21. The van der Waals surface area contributed by atoms with Crippen LogP contribution in [0.25, 0.3) is 0 Å². The Morgan fingerprint density at radius 1 is 1.50 bits per heavy atom. The number of aryl methyl sites for hydroxylation is 1. The smallest absolute Gasteiger partial charge is 0.157 e. The van der Waals surface area contributed by atoms with Gasteiger partial charge in [-0.15, -0.1) is 11.3 Å². The number of hydrogen-bond acceptors (Lipinski definition) is 3. The summed E-state index contributed by atoms with van der Waals surface area (Å²) in [7, 11) is 0. The van der Waals surface area contributed by atoms with E-state index in [0.717, 1.165) is 23.9 Å². The number of nitrogens with one attached hydrogen (secondary N) is 1. The average molecular weight is 254 g/mol. The maximum absolute atomic E-state index is 4.65. The van der Waals surface area contributed by atoms with E-state index in [0.29, 0.717) is 0 Å². The zero-order valence-corrected chi connectivity index (χ0v) is 11.7. The first-order chi connectivity index (χ1) is 7.61. The molecule has 0 atom stereocenters. The summed E-state index contributed by atoms with van der Waals surface area (Å²) >= 11 is 3.64. The molecule has 0 amide bonds. The first kappa shape index (κ1) is 12.0. The molecule has 1 aliphatic rings. The molecule has 1 aromatic rings. The number of thioether (sulfide) groups is 1. The maximum atomic E-state index is 4.65. The molecule has 0 saturated carbocycles. The number of nitrogens with zero attached hydrogens (tertiary/aromatic N) is 1. The maximum Gasteiger partial charge on any atom is 0.157 e. The van der Waals surface area contributed by atoms with Crippen LogP contribution in [-0.4, -0.2) is 16.5 Å². The second kappa shape index (κ2) is 4.80. The van der Waals surface area contributed by atoms with E-state index in [-0.39, 0.29) is 5.54 Å². The summed E-state index contributed by atoms with van der Waals surface area (Å²) in [6.07, 6.45) is 1.11. The van der Waals surface area contributed by atoms with E-state index < -0.39 is 0 Å². The van der Waals surface area contributed by atoms with Crippen LogP contribution in [0.3, 0.4) is 0 Å². The van der Waals surface area contributed by atoms with Crippen LogP contribution in [0, 0.1) is 0 Å². The predicted molar refractivity (Wildman–Crippen MR) is 74.5 cm³/mol. The third-order valence-electron chi connectivity index (χ3n) is 2.60. The standard InChI is InChI=1S/C12H18N2S2/c1-4-9-5-6-15-10(9)7-13-11-14-12(2,3)8-16-11/h5-6H,4,7-8H2,1-3H3,(H,13,14). The Kier molecular flexibility index (Phi) is 3.60. The van der Waals surface area contributed by atoms with Gasteiger partial charge in [0.1, 0.15) is 0 Å². The normalized spacial score (nSPS) is 21.3. The molecule has 0 unspecified atom stereocenters. The van der Waals surface area contributed by atoms with Gasteiger partial charge in [0, 0.05) is 16.2 Å². The van der Waals surface area contributed by atoms with Crippen molar-refractivity contribution in [1.82, 2.24) is 5.32 Å². The molecule has 1 saturated heterocycles. The highest BCUT2D eigenvalue weighted by molar-refractivity contribution is 8.14. The van der Waals surface area contributed by atoms with Crippen molar-refractivity contribution < 1.29 is 0 Å². The molecular weight excluding hydrogens is 236 g/mol. The fourth-order valence-electron chi connectivity index (χ4n) is 1.66. The molecule has 0 bridgehead atoms. The van der Waals surface area contributed by atoms with Crippen LogP contribution in [0.1, 0.15) is 31.2 Å². The van der Waals surface area contributed by atoms with Gasteiger partial charge in [-0.1, -0.05) is 18.7 Å². The largest absolute Gasteiger partial charge is 0.359 e. The van der Waals surface area contributed by atoms with Gasteiger partial charge < -0.3 is 5.32 Å². The summed E-state index contributed by atoms with van der Waals surface area (Å²) in [5.74, 6) is 1.11. The van der Waals surface area contributed by atoms with Crippen LogP contribution in [0.5, 0.6) is 0 Å². The fourth-order valence-corrected chi connectivity index (χ4v) is 3.63. The number of amidine groups is 1. The topological polar surface area (TPSA) is 24.4 Å². The first-order valence-electron chi connectivity index (χ1n) is 5.61. The molecule has 2 rings (SSSR count). The van der Waals surface area contributed by atoms with E-state index in [9.17, 15) is 0 Å². The third-order valence-corrected chi connectivity index (χ3v) is 4.92. The number of thiophene rings is 1. The second-order valence-corrected chi connectivity index (χ2v) is 6.61. The molecule has 0 radical (unpaired) electrons. The minimum atomic E-state index is 0.201.